The molecule has 3 heterocycles. The molecule has 3 atom stereocenters. The lowest BCUT2D eigenvalue weighted by Gasteiger charge is -2.18. The number of phosphoric ester groups is 1. The van der Waals surface area contributed by atoms with Crippen LogP contribution in [0.1, 0.15) is 12.6 Å². The summed E-state index contributed by atoms with van der Waals surface area (Å²) in [7, 11) is -4.72. The van der Waals surface area contributed by atoms with Crippen LogP contribution in [-0.4, -0.2) is 54.9 Å². The molecule has 0 aliphatic carbocycles. The number of H-pyrrole nitrogens is 1. The maximum atomic E-state index is 11.9. The van der Waals surface area contributed by atoms with Crippen molar-refractivity contribution in [3.63, 3.8) is 0 Å². The van der Waals surface area contributed by atoms with Gasteiger partial charge in [0.25, 0.3) is 5.56 Å². The van der Waals surface area contributed by atoms with E-state index in [0.717, 1.165) is 0 Å². The molecule has 0 unspecified atom stereocenters. The number of nitrogens with two attached hydrogens (primary N) is 1. The minimum Gasteiger partial charge on any atom is -0.369 e. The highest BCUT2D eigenvalue weighted by atomic mass is 31.2. The standard InChI is InChI=1S/C11H15N8O7P/c12-11-16-9-8(10(20)17-11)14-3-19(9)7-1-5(24-4-15-18-13)6(26-7)2-25-27(21,22)23/h3,5-7H,1-2,4H2,(H2,21,22,23)(H3,12,16,17,20)/t5-,6+,7+/m0/s1. The van der Waals surface area contributed by atoms with E-state index in [-0.39, 0.29) is 30.3 Å². The SMILES string of the molecule is [N-]=[N+]=NCO[C@H]1C[C@H](n2cnc3c(=O)[nH]c(N)nc32)O[C@@H]1COP(=O)(O)O. The van der Waals surface area contributed by atoms with Crippen molar-refractivity contribution in [1.82, 2.24) is 19.5 Å². The Hall–Kier alpha value is -2.51. The van der Waals surface area contributed by atoms with Gasteiger partial charge in [0.15, 0.2) is 11.2 Å². The fourth-order valence-corrected chi connectivity index (χ4v) is 3.02. The van der Waals surface area contributed by atoms with Crippen LogP contribution in [0.2, 0.25) is 0 Å². The number of anilines is 1. The second-order valence-electron chi connectivity index (χ2n) is 5.49. The number of imidazole rings is 1. The monoisotopic (exact) mass is 402 g/mol. The number of hydrogen-bond acceptors (Lipinski definition) is 9. The van der Waals surface area contributed by atoms with E-state index in [9.17, 15) is 9.36 Å². The van der Waals surface area contributed by atoms with E-state index < -0.39 is 38.4 Å². The first-order chi connectivity index (χ1) is 12.8. The van der Waals surface area contributed by atoms with Gasteiger partial charge in [-0.1, -0.05) is 5.11 Å². The van der Waals surface area contributed by atoms with E-state index in [1.165, 1.54) is 10.9 Å². The molecule has 2 aromatic heterocycles. The molecule has 0 radical (unpaired) electrons. The molecule has 2 aromatic rings. The lowest BCUT2D eigenvalue weighted by molar-refractivity contribution is -0.0584. The van der Waals surface area contributed by atoms with Gasteiger partial charge in [-0.3, -0.25) is 18.9 Å². The summed E-state index contributed by atoms with van der Waals surface area (Å²) in [5.41, 5.74) is 13.6. The molecule has 0 saturated carbocycles. The van der Waals surface area contributed by atoms with Gasteiger partial charge < -0.3 is 25.0 Å². The summed E-state index contributed by atoms with van der Waals surface area (Å²) in [5, 5.41) is 3.25. The van der Waals surface area contributed by atoms with Crippen LogP contribution >= 0.6 is 7.82 Å². The molecule has 5 N–H and O–H groups in total. The van der Waals surface area contributed by atoms with Crippen molar-refractivity contribution < 1.29 is 28.3 Å². The lowest BCUT2D eigenvalue weighted by atomic mass is 10.2. The highest BCUT2D eigenvalue weighted by molar-refractivity contribution is 7.46. The average molecular weight is 402 g/mol. The van der Waals surface area contributed by atoms with Gasteiger partial charge in [-0.2, -0.15) is 4.98 Å². The van der Waals surface area contributed by atoms with Gasteiger partial charge in [-0.15, -0.1) is 0 Å². The smallest absolute Gasteiger partial charge is 0.369 e. The predicted octanol–water partition coefficient (Wildman–Crippen LogP) is -0.248. The molecule has 15 nitrogen and oxygen atoms in total. The van der Waals surface area contributed by atoms with Gasteiger partial charge in [-0.25, -0.2) is 9.55 Å². The Morgan fingerprint density at radius 3 is 3.07 bits per heavy atom. The quantitative estimate of drug-likeness (QED) is 0.205. The van der Waals surface area contributed by atoms with Crippen molar-refractivity contribution in [3.05, 3.63) is 27.1 Å². The molecule has 0 aromatic carbocycles. The van der Waals surface area contributed by atoms with E-state index in [1.807, 2.05) is 0 Å². The van der Waals surface area contributed by atoms with Gasteiger partial charge in [0.05, 0.1) is 19.0 Å². The van der Waals surface area contributed by atoms with E-state index in [2.05, 4.69) is 29.5 Å². The van der Waals surface area contributed by atoms with Crippen LogP contribution in [0.15, 0.2) is 16.2 Å². The Morgan fingerprint density at radius 2 is 2.37 bits per heavy atom. The fourth-order valence-electron chi connectivity index (χ4n) is 2.68. The first kappa shape index (κ1) is 19.3. The summed E-state index contributed by atoms with van der Waals surface area (Å²) >= 11 is 0. The number of ether oxygens (including phenoxy) is 2. The summed E-state index contributed by atoms with van der Waals surface area (Å²) in [4.78, 5) is 42.5. The number of phosphoric acid groups is 1. The second-order valence-corrected chi connectivity index (χ2v) is 6.73. The highest BCUT2D eigenvalue weighted by Crippen LogP contribution is 2.39. The third kappa shape index (κ3) is 4.43. The minimum atomic E-state index is -4.72. The molecule has 16 heteroatoms. The van der Waals surface area contributed by atoms with Crippen molar-refractivity contribution in [1.29, 1.82) is 0 Å². The summed E-state index contributed by atoms with van der Waals surface area (Å²) in [5.74, 6) is -0.107. The largest absolute Gasteiger partial charge is 0.469 e. The molecule has 0 bridgehead atoms. The van der Waals surface area contributed by atoms with Crippen LogP contribution in [0.5, 0.6) is 0 Å². The van der Waals surface area contributed by atoms with Gasteiger partial charge in [0.2, 0.25) is 5.95 Å². The summed E-state index contributed by atoms with van der Waals surface area (Å²) in [6.07, 6.45) is -0.800. The molecule has 1 fully saturated rings. The van der Waals surface area contributed by atoms with Crippen LogP contribution in [0.25, 0.3) is 21.6 Å². The molecule has 0 spiro atoms. The molecular weight excluding hydrogens is 387 g/mol. The zero-order valence-electron chi connectivity index (χ0n) is 13.6. The molecule has 3 rings (SSSR count). The number of nitrogens with one attached hydrogen (secondary N) is 1. The third-order valence-electron chi connectivity index (χ3n) is 3.76. The number of nitrogen functional groups attached to an aromatic ring is 1. The van der Waals surface area contributed by atoms with Crippen LogP contribution < -0.4 is 11.3 Å². The van der Waals surface area contributed by atoms with Crippen molar-refractivity contribution in [2.24, 2.45) is 5.11 Å². The van der Waals surface area contributed by atoms with Gasteiger partial charge in [-0.05, 0) is 5.53 Å². The minimum absolute atomic E-state index is 0.0502. The predicted molar refractivity (Wildman–Crippen MR) is 88.0 cm³/mol. The van der Waals surface area contributed by atoms with E-state index in [0.29, 0.717) is 0 Å². The van der Waals surface area contributed by atoms with Gasteiger partial charge in [0.1, 0.15) is 19.1 Å². The summed E-state index contributed by atoms with van der Waals surface area (Å²) in [6, 6.07) is 0. The fraction of sp³-hybridized carbons (Fsp3) is 0.545. The van der Waals surface area contributed by atoms with Crippen LogP contribution in [0, 0.1) is 0 Å². The maximum absolute atomic E-state index is 11.9. The number of azide groups is 1. The topological polar surface area (TPSA) is 224 Å². The molecule has 0 amide bonds. The second kappa shape index (κ2) is 7.62. The Balaban J connectivity index is 1.85. The molecule has 146 valence electrons. The van der Waals surface area contributed by atoms with Gasteiger partial charge >= 0.3 is 7.82 Å². The van der Waals surface area contributed by atoms with Gasteiger partial charge in [0, 0.05) is 11.3 Å². The van der Waals surface area contributed by atoms with Crippen LogP contribution in [-0.2, 0) is 18.6 Å². The number of aromatic amines is 1. The van der Waals surface area contributed by atoms with Crippen LogP contribution in [0.3, 0.4) is 0 Å². The Morgan fingerprint density at radius 1 is 1.59 bits per heavy atom. The van der Waals surface area contributed by atoms with Crippen molar-refractivity contribution >= 4 is 24.9 Å². The van der Waals surface area contributed by atoms with E-state index in [4.69, 9.17) is 30.5 Å². The highest BCUT2D eigenvalue weighted by Gasteiger charge is 2.39. The number of aromatic nitrogens is 4. The number of rotatable bonds is 7. The van der Waals surface area contributed by atoms with E-state index >= 15 is 0 Å². The first-order valence-corrected chi connectivity index (χ1v) is 9.02. The molecule has 1 aliphatic rings. The molecule has 1 saturated heterocycles. The zero-order chi connectivity index (χ0) is 19.6. The molecule has 27 heavy (non-hydrogen) atoms. The maximum Gasteiger partial charge on any atom is 0.469 e. The van der Waals surface area contributed by atoms with Crippen molar-refractivity contribution in [3.8, 4) is 0 Å². The summed E-state index contributed by atoms with van der Waals surface area (Å²) < 4.78 is 28.0. The third-order valence-corrected chi connectivity index (χ3v) is 4.24. The van der Waals surface area contributed by atoms with E-state index in [1.54, 1.807) is 0 Å². The number of fused-ring (bicyclic) bond motifs is 1. The first-order valence-electron chi connectivity index (χ1n) is 7.49. The zero-order valence-corrected chi connectivity index (χ0v) is 14.5. The normalized spacial score (nSPS) is 22.8. The Kier molecular flexibility index (Phi) is 5.43. The van der Waals surface area contributed by atoms with Crippen molar-refractivity contribution in [2.75, 3.05) is 19.1 Å². The number of hydrogen-bond donors (Lipinski definition) is 4. The number of nitrogens with zero attached hydrogens (tertiary/aromatic N) is 6. The Bertz CT molecular complexity index is 979. The molecular formula is C11H15N8O7P. The lowest BCUT2D eigenvalue weighted by Crippen LogP contribution is -2.28. The summed E-state index contributed by atoms with van der Waals surface area (Å²) in [6.45, 7) is -0.774. The molecule has 1 aliphatic heterocycles. The van der Waals surface area contributed by atoms with Crippen molar-refractivity contribution in [2.45, 2.75) is 24.9 Å². The van der Waals surface area contributed by atoms with Crippen LogP contribution in [0.4, 0.5) is 5.95 Å². The average Bonchev–Trinajstić information content (AvgIpc) is 3.16. The Labute approximate surface area is 149 Å².